The van der Waals surface area contributed by atoms with E-state index in [1.54, 1.807) is 12.4 Å². The lowest BCUT2D eigenvalue weighted by Crippen LogP contribution is -2.05. The molecule has 1 aromatic carbocycles. The van der Waals surface area contributed by atoms with Crippen molar-refractivity contribution in [3.8, 4) is 0 Å². The van der Waals surface area contributed by atoms with Crippen LogP contribution in [0.15, 0.2) is 30.6 Å². The molecule has 0 amide bonds. The molecule has 1 N–H and O–H groups in total. The zero-order valence-electron chi connectivity index (χ0n) is 11.4. The van der Waals surface area contributed by atoms with Gasteiger partial charge in [0.2, 0.25) is 0 Å². The van der Waals surface area contributed by atoms with Gasteiger partial charge >= 0.3 is 0 Å². The SMILES string of the molecule is Cc1cncc(C(O)c2c(C)cc(C)cc2C)c1. The van der Waals surface area contributed by atoms with E-state index >= 15 is 0 Å². The molecule has 18 heavy (non-hydrogen) atoms. The number of aliphatic hydroxyl groups is 1. The van der Waals surface area contributed by atoms with Crippen LogP contribution in [0.5, 0.6) is 0 Å². The topological polar surface area (TPSA) is 33.1 Å². The predicted octanol–water partition coefficient (Wildman–Crippen LogP) is 3.40. The Hall–Kier alpha value is -1.67. The molecule has 1 heterocycles. The summed E-state index contributed by atoms with van der Waals surface area (Å²) >= 11 is 0. The highest BCUT2D eigenvalue weighted by atomic mass is 16.3. The predicted molar refractivity (Wildman–Crippen MR) is 73.7 cm³/mol. The second kappa shape index (κ2) is 4.91. The molecule has 2 aromatic rings. The number of nitrogens with zero attached hydrogens (tertiary/aromatic N) is 1. The molecule has 2 heteroatoms. The molecule has 0 aliphatic heterocycles. The van der Waals surface area contributed by atoms with E-state index in [0.29, 0.717) is 0 Å². The highest BCUT2D eigenvalue weighted by Crippen LogP contribution is 2.28. The first-order valence-electron chi connectivity index (χ1n) is 6.16. The molecule has 1 aromatic heterocycles. The molecule has 0 radical (unpaired) electrons. The molecule has 94 valence electrons. The summed E-state index contributed by atoms with van der Waals surface area (Å²) in [6.45, 7) is 8.14. The van der Waals surface area contributed by atoms with E-state index in [4.69, 9.17) is 0 Å². The maximum atomic E-state index is 10.5. The minimum absolute atomic E-state index is 0.599. The van der Waals surface area contributed by atoms with Gasteiger partial charge in [0.25, 0.3) is 0 Å². The smallest absolute Gasteiger partial charge is 0.106 e. The number of aromatic nitrogens is 1. The van der Waals surface area contributed by atoms with E-state index in [0.717, 1.165) is 27.8 Å². The first-order valence-corrected chi connectivity index (χ1v) is 6.16. The Balaban J connectivity index is 2.49. The standard InChI is InChI=1S/C16H19NO/c1-10-5-12(3)15(13(4)6-10)16(18)14-7-11(2)8-17-9-14/h5-9,16,18H,1-4H3. The zero-order chi connectivity index (χ0) is 13.3. The maximum absolute atomic E-state index is 10.5. The van der Waals surface area contributed by atoms with E-state index in [2.05, 4.69) is 24.0 Å². The van der Waals surface area contributed by atoms with Crippen molar-refractivity contribution in [2.75, 3.05) is 0 Å². The minimum atomic E-state index is -0.599. The molecular weight excluding hydrogens is 222 g/mol. The van der Waals surface area contributed by atoms with Crippen LogP contribution >= 0.6 is 0 Å². The Kier molecular flexibility index (Phi) is 3.48. The van der Waals surface area contributed by atoms with E-state index < -0.39 is 6.10 Å². The van der Waals surface area contributed by atoms with Crippen LogP contribution in [0.1, 0.15) is 39.5 Å². The summed E-state index contributed by atoms with van der Waals surface area (Å²) in [6.07, 6.45) is 2.93. The summed E-state index contributed by atoms with van der Waals surface area (Å²) in [5.74, 6) is 0. The number of hydrogen-bond acceptors (Lipinski definition) is 2. The molecule has 0 aliphatic carbocycles. The minimum Gasteiger partial charge on any atom is -0.384 e. The molecule has 1 atom stereocenters. The van der Waals surface area contributed by atoms with Crippen molar-refractivity contribution in [3.05, 3.63) is 64.0 Å². The van der Waals surface area contributed by atoms with Crippen LogP contribution in [-0.4, -0.2) is 10.1 Å². The fourth-order valence-electron chi connectivity index (χ4n) is 2.52. The van der Waals surface area contributed by atoms with Gasteiger partial charge in [-0.05, 0) is 49.9 Å². The second-order valence-corrected chi connectivity index (χ2v) is 5.01. The summed E-state index contributed by atoms with van der Waals surface area (Å²) in [5.41, 5.74) is 6.39. The quantitative estimate of drug-likeness (QED) is 0.874. The van der Waals surface area contributed by atoms with Crippen LogP contribution in [0.25, 0.3) is 0 Å². The number of aliphatic hydroxyl groups excluding tert-OH is 1. The average Bonchev–Trinajstić information content (AvgIpc) is 2.27. The molecule has 0 fully saturated rings. The summed E-state index contributed by atoms with van der Waals surface area (Å²) < 4.78 is 0. The number of pyridine rings is 1. The molecule has 0 saturated carbocycles. The van der Waals surface area contributed by atoms with Crippen molar-refractivity contribution in [3.63, 3.8) is 0 Å². The number of rotatable bonds is 2. The van der Waals surface area contributed by atoms with E-state index in [9.17, 15) is 5.11 Å². The lowest BCUT2D eigenvalue weighted by atomic mass is 9.92. The Morgan fingerprint density at radius 2 is 1.50 bits per heavy atom. The van der Waals surface area contributed by atoms with Crippen LogP contribution in [0.3, 0.4) is 0 Å². The van der Waals surface area contributed by atoms with Gasteiger partial charge in [-0.2, -0.15) is 0 Å². The van der Waals surface area contributed by atoms with E-state index in [1.807, 2.05) is 26.8 Å². The van der Waals surface area contributed by atoms with Gasteiger partial charge in [0.1, 0.15) is 6.10 Å². The van der Waals surface area contributed by atoms with E-state index in [-0.39, 0.29) is 0 Å². The third-order valence-corrected chi connectivity index (χ3v) is 3.22. The van der Waals surface area contributed by atoms with E-state index in [1.165, 1.54) is 5.56 Å². The van der Waals surface area contributed by atoms with Crippen LogP contribution in [0.2, 0.25) is 0 Å². The number of hydrogen-bond donors (Lipinski definition) is 1. The number of benzene rings is 1. The normalized spacial score (nSPS) is 12.5. The Morgan fingerprint density at radius 1 is 0.889 bits per heavy atom. The molecule has 0 saturated heterocycles. The van der Waals surface area contributed by atoms with Gasteiger partial charge < -0.3 is 5.11 Å². The van der Waals surface area contributed by atoms with Crippen molar-refractivity contribution in [1.29, 1.82) is 0 Å². The van der Waals surface area contributed by atoms with Gasteiger partial charge in [0, 0.05) is 18.0 Å². The van der Waals surface area contributed by atoms with Crippen molar-refractivity contribution in [1.82, 2.24) is 4.98 Å². The van der Waals surface area contributed by atoms with Crippen molar-refractivity contribution >= 4 is 0 Å². The van der Waals surface area contributed by atoms with Gasteiger partial charge in [-0.1, -0.05) is 23.8 Å². The lowest BCUT2D eigenvalue weighted by molar-refractivity contribution is 0.218. The Morgan fingerprint density at radius 3 is 2.06 bits per heavy atom. The van der Waals surface area contributed by atoms with Crippen LogP contribution in [0.4, 0.5) is 0 Å². The summed E-state index contributed by atoms with van der Waals surface area (Å²) in [4.78, 5) is 4.15. The van der Waals surface area contributed by atoms with Gasteiger partial charge in [0.05, 0.1) is 0 Å². The van der Waals surface area contributed by atoms with Crippen molar-refractivity contribution < 1.29 is 5.11 Å². The van der Waals surface area contributed by atoms with Crippen molar-refractivity contribution in [2.24, 2.45) is 0 Å². The Bertz CT molecular complexity index is 552. The van der Waals surface area contributed by atoms with Gasteiger partial charge in [-0.25, -0.2) is 0 Å². The van der Waals surface area contributed by atoms with Gasteiger partial charge in [0.15, 0.2) is 0 Å². The monoisotopic (exact) mass is 241 g/mol. The van der Waals surface area contributed by atoms with Crippen LogP contribution in [-0.2, 0) is 0 Å². The highest BCUT2D eigenvalue weighted by Gasteiger charge is 2.16. The fourth-order valence-corrected chi connectivity index (χ4v) is 2.52. The fraction of sp³-hybridized carbons (Fsp3) is 0.312. The summed E-state index contributed by atoms with van der Waals surface area (Å²) in [7, 11) is 0. The largest absolute Gasteiger partial charge is 0.384 e. The van der Waals surface area contributed by atoms with Gasteiger partial charge in [-0.15, -0.1) is 0 Å². The Labute approximate surface area is 108 Å². The third kappa shape index (κ3) is 2.44. The maximum Gasteiger partial charge on any atom is 0.106 e. The van der Waals surface area contributed by atoms with Crippen molar-refractivity contribution in [2.45, 2.75) is 33.8 Å². The second-order valence-electron chi connectivity index (χ2n) is 5.01. The zero-order valence-corrected chi connectivity index (χ0v) is 11.4. The molecule has 0 aliphatic rings. The molecular formula is C16H19NO. The molecule has 0 bridgehead atoms. The summed E-state index contributed by atoms with van der Waals surface area (Å²) in [6, 6.07) is 6.19. The van der Waals surface area contributed by atoms with Crippen LogP contribution in [0, 0.1) is 27.7 Å². The first kappa shape index (κ1) is 12.8. The number of aryl methyl sites for hydroxylation is 4. The molecule has 1 unspecified atom stereocenters. The lowest BCUT2D eigenvalue weighted by Gasteiger charge is -2.18. The molecule has 2 rings (SSSR count). The van der Waals surface area contributed by atoms with Gasteiger partial charge in [-0.3, -0.25) is 4.98 Å². The molecule has 0 spiro atoms. The molecule has 2 nitrogen and oxygen atoms in total. The third-order valence-electron chi connectivity index (χ3n) is 3.22. The average molecular weight is 241 g/mol. The highest BCUT2D eigenvalue weighted by molar-refractivity contribution is 5.42. The van der Waals surface area contributed by atoms with Crippen LogP contribution < -0.4 is 0 Å². The first-order chi connectivity index (χ1) is 8.49. The summed E-state index contributed by atoms with van der Waals surface area (Å²) in [5, 5.41) is 10.5.